The summed E-state index contributed by atoms with van der Waals surface area (Å²) >= 11 is 0. The third-order valence-corrected chi connectivity index (χ3v) is 5.77. The lowest BCUT2D eigenvalue weighted by molar-refractivity contribution is 0.0587. The van der Waals surface area contributed by atoms with E-state index in [1.165, 1.54) is 6.42 Å². The quantitative estimate of drug-likeness (QED) is 0.853. The first-order chi connectivity index (χ1) is 12.5. The van der Waals surface area contributed by atoms with E-state index in [2.05, 4.69) is 41.0 Å². The van der Waals surface area contributed by atoms with Crippen molar-refractivity contribution in [3.8, 4) is 0 Å². The molecule has 2 atom stereocenters. The Labute approximate surface area is 155 Å². The number of benzene rings is 1. The predicted molar refractivity (Wildman–Crippen MR) is 102 cm³/mol. The standard InChI is InChI=1S/C21H28N4O/c1-15-9-16(2)25(22-15)13-17-5-4-6-19(10-17)21(26)24-12-18-7-8-20(24)14-23(3)11-18/h4-6,9-10,18,20H,7-8,11-14H2,1-3H3/t18-,20+/m0/s1. The Morgan fingerprint density at radius 2 is 2.00 bits per heavy atom. The van der Waals surface area contributed by atoms with Crippen molar-refractivity contribution in [1.82, 2.24) is 19.6 Å². The molecule has 138 valence electrons. The van der Waals surface area contributed by atoms with Crippen molar-refractivity contribution in [2.75, 3.05) is 26.7 Å². The monoisotopic (exact) mass is 352 g/mol. The van der Waals surface area contributed by atoms with Crippen LogP contribution in [-0.2, 0) is 6.54 Å². The van der Waals surface area contributed by atoms with Gasteiger partial charge in [-0.2, -0.15) is 5.10 Å². The Kier molecular flexibility index (Phi) is 4.57. The van der Waals surface area contributed by atoms with Gasteiger partial charge in [0, 0.05) is 36.9 Å². The second-order valence-corrected chi connectivity index (χ2v) is 8.06. The number of nitrogens with zero attached hydrogens (tertiary/aromatic N) is 4. The minimum absolute atomic E-state index is 0.185. The SMILES string of the molecule is Cc1cc(C)n(Cc2cccc(C(=O)N3C[C@H]4CC[C@@H]3CN(C)C4)c2)n1. The van der Waals surface area contributed by atoms with Crippen LogP contribution in [0, 0.1) is 19.8 Å². The molecule has 2 bridgehead atoms. The van der Waals surface area contributed by atoms with Crippen molar-refractivity contribution in [1.29, 1.82) is 0 Å². The van der Waals surface area contributed by atoms with Crippen LogP contribution >= 0.6 is 0 Å². The molecule has 26 heavy (non-hydrogen) atoms. The number of rotatable bonds is 3. The molecular weight excluding hydrogens is 324 g/mol. The first-order valence-corrected chi connectivity index (χ1v) is 9.59. The van der Waals surface area contributed by atoms with Crippen LogP contribution in [-0.4, -0.2) is 58.2 Å². The van der Waals surface area contributed by atoms with Gasteiger partial charge in [0.15, 0.2) is 0 Å². The average molecular weight is 352 g/mol. The number of hydrogen-bond acceptors (Lipinski definition) is 3. The van der Waals surface area contributed by atoms with E-state index in [1.807, 2.05) is 29.8 Å². The van der Waals surface area contributed by atoms with Gasteiger partial charge in [0.2, 0.25) is 0 Å². The maximum Gasteiger partial charge on any atom is 0.254 e. The summed E-state index contributed by atoms with van der Waals surface area (Å²) < 4.78 is 2.00. The van der Waals surface area contributed by atoms with Gasteiger partial charge in [-0.15, -0.1) is 0 Å². The molecule has 0 aliphatic carbocycles. The van der Waals surface area contributed by atoms with Crippen molar-refractivity contribution in [3.63, 3.8) is 0 Å². The zero-order chi connectivity index (χ0) is 18.3. The number of carbonyl (C=O) groups excluding carboxylic acids is 1. The molecule has 5 heteroatoms. The molecule has 3 aliphatic heterocycles. The number of likely N-dealkylation sites (N-methyl/N-ethyl adjacent to an activating group) is 1. The largest absolute Gasteiger partial charge is 0.334 e. The fraction of sp³-hybridized carbons (Fsp3) is 0.524. The molecule has 3 aliphatic rings. The van der Waals surface area contributed by atoms with Gasteiger partial charge in [-0.05, 0) is 63.4 Å². The average Bonchev–Trinajstić information content (AvgIpc) is 2.76. The van der Waals surface area contributed by atoms with Gasteiger partial charge in [0.05, 0.1) is 12.2 Å². The van der Waals surface area contributed by atoms with Crippen LogP contribution in [0.4, 0.5) is 0 Å². The number of amides is 1. The van der Waals surface area contributed by atoms with Gasteiger partial charge in [-0.3, -0.25) is 9.48 Å². The van der Waals surface area contributed by atoms with Crippen molar-refractivity contribution >= 4 is 5.91 Å². The summed E-state index contributed by atoms with van der Waals surface area (Å²) in [5.41, 5.74) is 4.10. The second kappa shape index (κ2) is 6.88. The molecule has 3 saturated heterocycles. The highest BCUT2D eigenvalue weighted by Gasteiger charge is 2.36. The van der Waals surface area contributed by atoms with Crippen molar-refractivity contribution in [2.24, 2.45) is 5.92 Å². The fourth-order valence-electron chi connectivity index (χ4n) is 4.54. The van der Waals surface area contributed by atoms with Crippen LogP contribution in [0.15, 0.2) is 30.3 Å². The summed E-state index contributed by atoms with van der Waals surface area (Å²) in [6.45, 7) is 7.78. The highest BCUT2D eigenvalue weighted by Crippen LogP contribution is 2.28. The van der Waals surface area contributed by atoms with E-state index in [0.717, 1.165) is 48.6 Å². The maximum atomic E-state index is 13.2. The zero-order valence-corrected chi connectivity index (χ0v) is 16.0. The van der Waals surface area contributed by atoms with Gasteiger partial charge < -0.3 is 9.80 Å². The van der Waals surface area contributed by atoms with E-state index in [0.29, 0.717) is 18.5 Å². The molecule has 0 saturated carbocycles. The molecular formula is C21H28N4O. The molecule has 2 aromatic rings. The van der Waals surface area contributed by atoms with Gasteiger partial charge in [-0.25, -0.2) is 0 Å². The van der Waals surface area contributed by atoms with E-state index < -0.39 is 0 Å². The lowest BCUT2D eigenvalue weighted by atomic mass is 9.94. The Balaban J connectivity index is 1.54. The van der Waals surface area contributed by atoms with Crippen molar-refractivity contribution in [3.05, 3.63) is 52.8 Å². The van der Waals surface area contributed by atoms with E-state index in [-0.39, 0.29) is 5.91 Å². The lowest BCUT2D eigenvalue weighted by Crippen LogP contribution is -2.47. The highest BCUT2D eigenvalue weighted by molar-refractivity contribution is 5.94. The van der Waals surface area contributed by atoms with E-state index in [1.54, 1.807) is 0 Å². The molecule has 0 unspecified atom stereocenters. The van der Waals surface area contributed by atoms with Crippen LogP contribution in [0.5, 0.6) is 0 Å². The molecule has 1 aromatic heterocycles. The fourth-order valence-corrected chi connectivity index (χ4v) is 4.54. The highest BCUT2D eigenvalue weighted by atomic mass is 16.2. The lowest BCUT2D eigenvalue weighted by Gasteiger charge is -2.36. The number of piperidine rings is 1. The summed E-state index contributed by atoms with van der Waals surface area (Å²) in [6.07, 6.45) is 2.38. The van der Waals surface area contributed by atoms with Gasteiger partial charge in [0.25, 0.3) is 5.91 Å². The summed E-state index contributed by atoms with van der Waals surface area (Å²) in [4.78, 5) is 17.7. The molecule has 1 amide bonds. The molecule has 3 fully saturated rings. The Hall–Kier alpha value is -2.14. The molecule has 5 rings (SSSR count). The van der Waals surface area contributed by atoms with E-state index in [4.69, 9.17) is 0 Å². The summed E-state index contributed by atoms with van der Waals surface area (Å²) in [7, 11) is 2.17. The normalized spacial score (nSPS) is 23.3. The molecule has 1 aromatic carbocycles. The first-order valence-electron chi connectivity index (χ1n) is 9.59. The predicted octanol–water partition coefficient (Wildman–Crippen LogP) is 2.71. The Bertz CT molecular complexity index is 812. The van der Waals surface area contributed by atoms with Gasteiger partial charge in [0.1, 0.15) is 0 Å². The van der Waals surface area contributed by atoms with Crippen LogP contribution < -0.4 is 0 Å². The summed E-state index contributed by atoms with van der Waals surface area (Å²) in [5, 5.41) is 4.54. The number of aromatic nitrogens is 2. The molecule has 4 heterocycles. The third kappa shape index (κ3) is 3.40. The van der Waals surface area contributed by atoms with E-state index in [9.17, 15) is 4.79 Å². The number of aryl methyl sites for hydroxylation is 2. The molecule has 0 radical (unpaired) electrons. The Morgan fingerprint density at radius 1 is 1.15 bits per heavy atom. The summed E-state index contributed by atoms with van der Waals surface area (Å²) in [5.74, 6) is 0.797. The van der Waals surface area contributed by atoms with Crippen LogP contribution in [0.25, 0.3) is 0 Å². The van der Waals surface area contributed by atoms with Gasteiger partial charge in [-0.1, -0.05) is 12.1 Å². The number of fused-ring (bicyclic) bond motifs is 4. The Morgan fingerprint density at radius 3 is 2.77 bits per heavy atom. The van der Waals surface area contributed by atoms with E-state index >= 15 is 0 Å². The zero-order valence-electron chi connectivity index (χ0n) is 16.0. The van der Waals surface area contributed by atoms with Crippen molar-refractivity contribution in [2.45, 2.75) is 39.3 Å². The van der Waals surface area contributed by atoms with Gasteiger partial charge >= 0.3 is 0 Å². The third-order valence-electron chi connectivity index (χ3n) is 5.77. The smallest absolute Gasteiger partial charge is 0.254 e. The second-order valence-electron chi connectivity index (χ2n) is 8.06. The molecule has 0 spiro atoms. The van der Waals surface area contributed by atoms with Crippen molar-refractivity contribution < 1.29 is 4.79 Å². The molecule has 5 nitrogen and oxygen atoms in total. The maximum absolute atomic E-state index is 13.2. The van der Waals surface area contributed by atoms with Crippen LogP contribution in [0.2, 0.25) is 0 Å². The molecule has 0 N–H and O–H groups in total. The van der Waals surface area contributed by atoms with Crippen LogP contribution in [0.3, 0.4) is 0 Å². The van der Waals surface area contributed by atoms with Crippen LogP contribution in [0.1, 0.15) is 40.2 Å². The summed E-state index contributed by atoms with van der Waals surface area (Å²) in [6, 6.07) is 10.5. The minimum Gasteiger partial charge on any atom is -0.334 e. The first kappa shape index (κ1) is 17.3. The number of hydrogen-bond donors (Lipinski definition) is 0. The minimum atomic E-state index is 0.185. The topological polar surface area (TPSA) is 41.4 Å². The number of carbonyl (C=O) groups is 1.